The molecule has 0 aliphatic carbocycles. The van der Waals surface area contributed by atoms with Gasteiger partial charge in [0.05, 0.1) is 4.92 Å². The van der Waals surface area contributed by atoms with Crippen LogP contribution in [0.5, 0.6) is 0 Å². The number of alkyl halides is 5. The number of nitro benzene ring substituents is 1. The molecule has 7 nitrogen and oxygen atoms in total. The Kier molecular flexibility index (Phi) is 9.49. The van der Waals surface area contributed by atoms with E-state index in [4.69, 9.17) is 4.52 Å². The summed E-state index contributed by atoms with van der Waals surface area (Å²) in [6, 6.07) is 0.612. The summed E-state index contributed by atoms with van der Waals surface area (Å²) in [4.78, 5) is 9.61. The van der Waals surface area contributed by atoms with Gasteiger partial charge in [-0.15, -0.1) is 0 Å². The van der Waals surface area contributed by atoms with E-state index in [1.54, 1.807) is 13.8 Å². The fourth-order valence-corrected chi connectivity index (χ4v) is 4.94. The van der Waals surface area contributed by atoms with Crippen molar-refractivity contribution in [1.82, 2.24) is 10.2 Å². The summed E-state index contributed by atoms with van der Waals surface area (Å²) in [6.45, 7) is 3.14. The van der Waals surface area contributed by atoms with Gasteiger partial charge < -0.3 is 0 Å². The Morgan fingerprint density at radius 3 is 2.07 bits per heavy atom. The standard InChI is InChI=1S/C14H18Br2F4N3O4P/c1-8(6-15)21-28(26,22-9(2)7-16)27-13(14(18,19)20)10-3-4-12(23(24)25)11(17)5-10/h3-5,8-9,13H,6-7H2,1-2H3,(H2,21,22,26)/t8-,9-,13+/m0/s1. The van der Waals surface area contributed by atoms with Crippen LogP contribution in [0, 0.1) is 15.9 Å². The van der Waals surface area contributed by atoms with Crippen molar-refractivity contribution in [2.24, 2.45) is 0 Å². The number of benzene rings is 1. The van der Waals surface area contributed by atoms with Crippen molar-refractivity contribution in [1.29, 1.82) is 0 Å². The number of hydrogen-bond donors (Lipinski definition) is 2. The van der Waals surface area contributed by atoms with E-state index in [9.17, 15) is 32.2 Å². The summed E-state index contributed by atoms with van der Waals surface area (Å²) in [5.74, 6) is -1.46. The van der Waals surface area contributed by atoms with Crippen molar-refractivity contribution >= 4 is 45.2 Å². The maximum absolute atomic E-state index is 13.8. The predicted octanol–water partition coefficient (Wildman–Crippen LogP) is 5.21. The second kappa shape index (κ2) is 10.4. The molecule has 0 heterocycles. The molecule has 2 N–H and O–H groups in total. The lowest BCUT2D eigenvalue weighted by molar-refractivity contribution is -0.387. The van der Waals surface area contributed by atoms with Crippen LogP contribution >= 0.6 is 39.5 Å². The Bertz CT molecular complexity index is 725. The van der Waals surface area contributed by atoms with E-state index in [1.165, 1.54) is 0 Å². The highest BCUT2D eigenvalue weighted by Crippen LogP contribution is 2.50. The molecular formula is C14H18Br2F4N3O4P. The largest absolute Gasteiger partial charge is 0.419 e. The molecule has 0 radical (unpaired) electrons. The van der Waals surface area contributed by atoms with Crippen molar-refractivity contribution in [3.63, 3.8) is 0 Å². The molecule has 0 aliphatic rings. The van der Waals surface area contributed by atoms with Crippen LogP contribution in [0.4, 0.5) is 23.2 Å². The van der Waals surface area contributed by atoms with Crippen molar-refractivity contribution in [2.45, 2.75) is 38.2 Å². The summed E-state index contributed by atoms with van der Waals surface area (Å²) in [7, 11) is -4.27. The molecule has 14 heteroatoms. The highest BCUT2D eigenvalue weighted by Gasteiger charge is 2.47. The molecule has 0 fully saturated rings. The van der Waals surface area contributed by atoms with Gasteiger partial charge in [0, 0.05) is 28.8 Å². The molecule has 0 saturated heterocycles. The van der Waals surface area contributed by atoms with Crippen LogP contribution in [0.1, 0.15) is 25.5 Å². The number of nitrogens with one attached hydrogen (secondary N) is 2. The molecule has 1 aromatic carbocycles. The van der Waals surface area contributed by atoms with Crippen LogP contribution in [0.15, 0.2) is 18.2 Å². The number of hydrogen-bond acceptors (Lipinski definition) is 4. The molecule has 160 valence electrons. The molecule has 0 saturated carbocycles. The highest BCUT2D eigenvalue weighted by atomic mass is 79.9. The van der Waals surface area contributed by atoms with Crippen LogP contribution in [-0.2, 0) is 9.09 Å². The van der Waals surface area contributed by atoms with Gasteiger partial charge in [0.2, 0.25) is 5.82 Å². The molecule has 0 aromatic heterocycles. The first-order chi connectivity index (χ1) is 12.8. The third-order valence-corrected chi connectivity index (χ3v) is 7.28. The van der Waals surface area contributed by atoms with Crippen LogP contribution in [0.2, 0.25) is 0 Å². The molecule has 0 unspecified atom stereocenters. The first kappa shape index (κ1) is 25.4. The SMILES string of the molecule is C[C@@H](CBr)NP(=O)(N[C@@H](C)CBr)O[C@H](c1ccc([N+](=O)[O-])c(F)c1)C(F)(F)F. The molecule has 28 heavy (non-hydrogen) atoms. The third kappa shape index (κ3) is 7.34. The van der Waals surface area contributed by atoms with Crippen LogP contribution < -0.4 is 10.2 Å². The number of nitro groups is 1. The summed E-state index contributed by atoms with van der Waals surface area (Å²) in [5.41, 5.74) is -1.73. The van der Waals surface area contributed by atoms with E-state index in [0.717, 1.165) is 0 Å². The van der Waals surface area contributed by atoms with Gasteiger partial charge in [0.15, 0.2) is 6.10 Å². The summed E-state index contributed by atoms with van der Waals surface area (Å²) in [5, 5.41) is 16.2. The minimum absolute atomic E-state index is 0.271. The van der Waals surface area contributed by atoms with E-state index in [1.807, 2.05) is 0 Å². The lowest BCUT2D eigenvalue weighted by atomic mass is 10.1. The molecular weight excluding hydrogens is 541 g/mol. The van der Waals surface area contributed by atoms with Gasteiger partial charge in [-0.2, -0.15) is 17.6 Å². The second-order valence-corrected chi connectivity index (χ2v) is 9.04. The van der Waals surface area contributed by atoms with Crippen molar-refractivity contribution in [3.05, 3.63) is 39.7 Å². The molecule has 1 rings (SSSR count). The van der Waals surface area contributed by atoms with E-state index in [0.29, 0.717) is 18.2 Å². The maximum Gasteiger partial charge on any atom is 0.419 e. The van der Waals surface area contributed by atoms with Crippen LogP contribution in [0.25, 0.3) is 0 Å². The zero-order valence-corrected chi connectivity index (χ0v) is 18.7. The van der Waals surface area contributed by atoms with E-state index in [-0.39, 0.29) is 10.7 Å². The zero-order chi connectivity index (χ0) is 21.7. The van der Waals surface area contributed by atoms with E-state index in [2.05, 4.69) is 42.0 Å². The average Bonchev–Trinajstić information content (AvgIpc) is 2.58. The topological polar surface area (TPSA) is 93.5 Å². The molecule has 0 bridgehead atoms. The van der Waals surface area contributed by atoms with Crippen molar-refractivity contribution < 1.29 is 31.6 Å². The number of halogens is 6. The van der Waals surface area contributed by atoms with Crippen LogP contribution in [-0.4, -0.2) is 33.8 Å². The summed E-state index contributed by atoms with van der Waals surface area (Å²) < 4.78 is 72.6. The first-order valence-corrected chi connectivity index (χ1v) is 11.7. The first-order valence-electron chi connectivity index (χ1n) is 7.79. The predicted molar refractivity (Wildman–Crippen MR) is 103 cm³/mol. The lowest BCUT2D eigenvalue weighted by Crippen LogP contribution is -2.38. The average molecular weight is 559 g/mol. The maximum atomic E-state index is 13.8. The highest BCUT2D eigenvalue weighted by molar-refractivity contribution is 9.09. The number of nitrogens with zero attached hydrogens (tertiary/aromatic N) is 1. The molecule has 0 aliphatic heterocycles. The Balaban J connectivity index is 3.33. The molecule has 0 spiro atoms. The van der Waals surface area contributed by atoms with Gasteiger partial charge >= 0.3 is 19.5 Å². The van der Waals surface area contributed by atoms with Crippen molar-refractivity contribution in [3.8, 4) is 0 Å². The van der Waals surface area contributed by atoms with E-state index >= 15 is 0 Å². The molecule has 3 atom stereocenters. The third-order valence-electron chi connectivity index (χ3n) is 3.27. The van der Waals surface area contributed by atoms with Gasteiger partial charge in [0.1, 0.15) is 0 Å². The van der Waals surface area contributed by atoms with Crippen LogP contribution in [0.3, 0.4) is 0 Å². The smallest absolute Gasteiger partial charge is 0.288 e. The lowest BCUT2D eigenvalue weighted by Gasteiger charge is -2.30. The Morgan fingerprint density at radius 1 is 1.21 bits per heavy atom. The quantitative estimate of drug-likeness (QED) is 0.135. The van der Waals surface area contributed by atoms with Crippen molar-refractivity contribution in [2.75, 3.05) is 10.7 Å². The minimum Gasteiger partial charge on any atom is -0.288 e. The minimum atomic E-state index is -5.06. The molecule has 1 aromatic rings. The second-order valence-electron chi connectivity index (χ2n) is 5.92. The molecule has 0 amide bonds. The Labute approximate surface area is 175 Å². The van der Waals surface area contributed by atoms with Gasteiger partial charge in [-0.1, -0.05) is 31.9 Å². The normalized spacial score (nSPS) is 15.9. The summed E-state index contributed by atoms with van der Waals surface area (Å²) >= 11 is 6.24. The fraction of sp³-hybridized carbons (Fsp3) is 0.571. The zero-order valence-electron chi connectivity index (χ0n) is 14.7. The van der Waals surface area contributed by atoms with Gasteiger partial charge in [-0.25, -0.2) is 10.2 Å². The van der Waals surface area contributed by atoms with Gasteiger partial charge in [-0.05, 0) is 31.5 Å². The Hall–Kier alpha value is -0.590. The van der Waals surface area contributed by atoms with E-state index < -0.39 is 54.0 Å². The fourth-order valence-electron chi connectivity index (χ4n) is 2.04. The number of rotatable bonds is 10. The van der Waals surface area contributed by atoms with Gasteiger partial charge in [0.25, 0.3) is 0 Å². The Morgan fingerprint density at radius 2 is 1.71 bits per heavy atom. The summed E-state index contributed by atoms with van der Waals surface area (Å²) in [6.07, 6.45) is -7.84. The van der Waals surface area contributed by atoms with Gasteiger partial charge in [-0.3, -0.25) is 19.2 Å². The monoisotopic (exact) mass is 557 g/mol.